The highest BCUT2D eigenvalue weighted by Gasteiger charge is 2.35. The van der Waals surface area contributed by atoms with Gasteiger partial charge in [0.05, 0.1) is 5.69 Å². The Morgan fingerprint density at radius 3 is 2.42 bits per heavy atom. The first-order valence-corrected chi connectivity index (χ1v) is 8.85. The van der Waals surface area contributed by atoms with E-state index in [9.17, 15) is 9.59 Å². The largest absolute Gasteiger partial charge is 0.324 e. The number of amides is 2. The minimum atomic E-state index is -0.605. The number of aryl methyl sites for hydroxylation is 1. The van der Waals surface area contributed by atoms with Gasteiger partial charge in [-0.05, 0) is 48.6 Å². The summed E-state index contributed by atoms with van der Waals surface area (Å²) in [5.74, 6) is -0.326. The number of nitrogens with zero attached hydrogens (tertiary/aromatic N) is 1. The van der Waals surface area contributed by atoms with Crippen LogP contribution in [-0.2, 0) is 11.2 Å². The van der Waals surface area contributed by atoms with E-state index in [-0.39, 0.29) is 11.8 Å². The van der Waals surface area contributed by atoms with E-state index in [1.54, 1.807) is 11.8 Å². The maximum Gasteiger partial charge on any atom is 0.259 e. The number of hydrogen-bond acceptors (Lipinski definition) is 2. The first kappa shape index (κ1) is 16.3. The second kappa shape index (κ2) is 6.30. The number of carbonyl (C=O) groups is 2. The lowest BCUT2D eigenvalue weighted by Gasteiger charge is -2.24. The van der Waals surface area contributed by atoms with Crippen LogP contribution in [0.4, 0.5) is 11.4 Å². The minimum Gasteiger partial charge on any atom is -0.324 e. The summed E-state index contributed by atoms with van der Waals surface area (Å²) in [4.78, 5) is 27.3. The molecule has 0 radical (unpaired) electrons. The van der Waals surface area contributed by atoms with Gasteiger partial charge in [0.25, 0.3) is 5.91 Å². The average molecular weight is 344 g/mol. The molecule has 4 nitrogen and oxygen atoms in total. The Labute approximate surface area is 152 Å². The van der Waals surface area contributed by atoms with E-state index in [2.05, 4.69) is 12.2 Å². The Morgan fingerprint density at radius 2 is 1.73 bits per heavy atom. The fraction of sp³-hybridized carbons (Fsp3) is 0.182. The van der Waals surface area contributed by atoms with Gasteiger partial charge in [0.15, 0.2) is 0 Å². The molecule has 1 N–H and O–H groups in total. The van der Waals surface area contributed by atoms with Crippen molar-refractivity contribution < 1.29 is 9.59 Å². The molecule has 0 fully saturated rings. The van der Waals surface area contributed by atoms with Crippen LogP contribution in [0.3, 0.4) is 0 Å². The molecule has 3 aromatic rings. The van der Waals surface area contributed by atoms with Crippen LogP contribution in [0.15, 0.2) is 60.7 Å². The van der Waals surface area contributed by atoms with Crippen LogP contribution in [0.5, 0.6) is 0 Å². The predicted octanol–water partition coefficient (Wildman–Crippen LogP) is 4.39. The van der Waals surface area contributed by atoms with Crippen LogP contribution in [0, 0.1) is 0 Å². The highest BCUT2D eigenvalue weighted by molar-refractivity contribution is 6.26. The Morgan fingerprint density at radius 1 is 1.04 bits per heavy atom. The van der Waals surface area contributed by atoms with Crippen molar-refractivity contribution in [2.45, 2.75) is 26.3 Å². The van der Waals surface area contributed by atoms with Crippen molar-refractivity contribution in [1.29, 1.82) is 0 Å². The average Bonchev–Trinajstić information content (AvgIpc) is 2.96. The molecule has 4 heteroatoms. The van der Waals surface area contributed by atoms with Crippen molar-refractivity contribution in [3.8, 4) is 0 Å². The Balaban J connectivity index is 1.62. The van der Waals surface area contributed by atoms with E-state index in [0.717, 1.165) is 28.6 Å². The molecule has 1 atom stereocenters. The lowest BCUT2D eigenvalue weighted by atomic mass is 10.1. The molecule has 1 heterocycles. The van der Waals surface area contributed by atoms with E-state index in [1.165, 1.54) is 5.56 Å². The predicted molar refractivity (Wildman–Crippen MR) is 105 cm³/mol. The zero-order chi connectivity index (χ0) is 18.3. The SMILES string of the molecule is CCc1ccc(NC(=O)[C@H](C)N2C(=O)c3cccc4cccc2c34)cc1. The van der Waals surface area contributed by atoms with Gasteiger partial charge in [0.2, 0.25) is 5.91 Å². The molecule has 2 amide bonds. The fourth-order valence-corrected chi connectivity index (χ4v) is 3.51. The summed E-state index contributed by atoms with van der Waals surface area (Å²) in [6, 6.07) is 18.7. The molecule has 0 saturated carbocycles. The summed E-state index contributed by atoms with van der Waals surface area (Å²) in [5.41, 5.74) is 3.41. The summed E-state index contributed by atoms with van der Waals surface area (Å²) in [6.45, 7) is 3.85. The fourth-order valence-electron chi connectivity index (χ4n) is 3.51. The van der Waals surface area contributed by atoms with Crippen molar-refractivity contribution in [2.75, 3.05) is 10.2 Å². The molecule has 1 aliphatic rings. The second-order valence-corrected chi connectivity index (χ2v) is 6.57. The number of hydrogen-bond donors (Lipinski definition) is 1. The maximum atomic E-state index is 12.9. The van der Waals surface area contributed by atoms with Gasteiger partial charge in [-0.25, -0.2) is 0 Å². The number of carbonyl (C=O) groups excluding carboxylic acids is 2. The van der Waals surface area contributed by atoms with Gasteiger partial charge in [-0.3, -0.25) is 14.5 Å². The van der Waals surface area contributed by atoms with E-state index in [1.807, 2.05) is 60.7 Å². The summed E-state index contributed by atoms with van der Waals surface area (Å²) < 4.78 is 0. The summed E-state index contributed by atoms with van der Waals surface area (Å²) >= 11 is 0. The van der Waals surface area contributed by atoms with Crippen LogP contribution >= 0.6 is 0 Å². The first-order valence-electron chi connectivity index (χ1n) is 8.85. The van der Waals surface area contributed by atoms with Gasteiger partial charge in [-0.2, -0.15) is 0 Å². The summed E-state index contributed by atoms with van der Waals surface area (Å²) in [7, 11) is 0. The Hall–Kier alpha value is -3.14. The number of rotatable bonds is 4. The Kier molecular flexibility index (Phi) is 3.96. The van der Waals surface area contributed by atoms with Gasteiger partial charge in [-0.15, -0.1) is 0 Å². The van der Waals surface area contributed by atoms with Crippen LogP contribution < -0.4 is 10.2 Å². The Bertz CT molecular complexity index is 1000. The van der Waals surface area contributed by atoms with Crippen LogP contribution in [0.2, 0.25) is 0 Å². The number of anilines is 2. The van der Waals surface area contributed by atoms with Crippen molar-refractivity contribution in [2.24, 2.45) is 0 Å². The molecule has 4 rings (SSSR count). The van der Waals surface area contributed by atoms with Crippen molar-refractivity contribution >= 4 is 34.0 Å². The lowest BCUT2D eigenvalue weighted by Crippen LogP contribution is -2.44. The molecule has 130 valence electrons. The summed E-state index contributed by atoms with van der Waals surface area (Å²) in [5, 5.41) is 4.85. The molecular weight excluding hydrogens is 324 g/mol. The van der Waals surface area contributed by atoms with Gasteiger partial charge in [-0.1, -0.05) is 43.3 Å². The molecule has 0 unspecified atom stereocenters. The molecule has 26 heavy (non-hydrogen) atoms. The minimum absolute atomic E-state index is 0.124. The van der Waals surface area contributed by atoms with Crippen molar-refractivity contribution in [1.82, 2.24) is 0 Å². The molecule has 0 spiro atoms. The van der Waals surface area contributed by atoms with Crippen LogP contribution in [0.25, 0.3) is 10.8 Å². The van der Waals surface area contributed by atoms with Gasteiger partial charge >= 0.3 is 0 Å². The van der Waals surface area contributed by atoms with Crippen LogP contribution in [0.1, 0.15) is 29.8 Å². The van der Waals surface area contributed by atoms with E-state index in [0.29, 0.717) is 5.56 Å². The third-order valence-electron chi connectivity index (χ3n) is 4.99. The lowest BCUT2D eigenvalue weighted by molar-refractivity contribution is -0.117. The molecule has 0 aromatic heterocycles. The van der Waals surface area contributed by atoms with Gasteiger partial charge < -0.3 is 5.32 Å². The smallest absolute Gasteiger partial charge is 0.259 e. The third kappa shape index (κ3) is 2.54. The van der Waals surface area contributed by atoms with E-state index in [4.69, 9.17) is 0 Å². The van der Waals surface area contributed by atoms with Gasteiger partial charge in [0.1, 0.15) is 6.04 Å². The monoisotopic (exact) mass is 344 g/mol. The van der Waals surface area contributed by atoms with Crippen molar-refractivity contribution in [3.63, 3.8) is 0 Å². The molecule has 1 aliphatic heterocycles. The molecule has 0 aliphatic carbocycles. The highest BCUT2D eigenvalue weighted by atomic mass is 16.2. The summed E-state index contributed by atoms with van der Waals surface area (Å²) in [6.07, 6.45) is 0.954. The van der Waals surface area contributed by atoms with E-state index >= 15 is 0 Å². The standard InChI is InChI=1S/C22H20N2O2/c1-3-15-10-12-17(13-11-15)23-21(25)14(2)24-19-9-5-7-16-6-4-8-18(20(16)19)22(24)26/h4-14H,3H2,1-2H3,(H,23,25)/t14-/m0/s1. The molecule has 3 aromatic carbocycles. The highest BCUT2D eigenvalue weighted by Crippen LogP contribution is 2.38. The van der Waals surface area contributed by atoms with Gasteiger partial charge in [0, 0.05) is 16.6 Å². The van der Waals surface area contributed by atoms with Crippen LogP contribution in [-0.4, -0.2) is 17.9 Å². The first-order chi connectivity index (χ1) is 12.6. The second-order valence-electron chi connectivity index (χ2n) is 6.57. The van der Waals surface area contributed by atoms with Crippen molar-refractivity contribution in [3.05, 3.63) is 71.8 Å². The number of nitrogens with one attached hydrogen (secondary N) is 1. The molecule has 0 saturated heterocycles. The maximum absolute atomic E-state index is 12.9. The zero-order valence-corrected chi connectivity index (χ0v) is 14.8. The van der Waals surface area contributed by atoms with E-state index < -0.39 is 6.04 Å². The quantitative estimate of drug-likeness (QED) is 0.763. The normalized spacial score (nSPS) is 13.9. The zero-order valence-electron chi connectivity index (χ0n) is 14.8. The molecule has 0 bridgehead atoms. The number of benzene rings is 3. The topological polar surface area (TPSA) is 49.4 Å². The third-order valence-corrected chi connectivity index (χ3v) is 4.99. The molecular formula is C22H20N2O2.